The third-order valence-electron chi connectivity index (χ3n) is 5.88. The van der Waals surface area contributed by atoms with Crippen molar-refractivity contribution >= 4 is 32.8 Å². The van der Waals surface area contributed by atoms with E-state index < -0.39 is 10.1 Å². The standard InChI is InChI=1S/C20H28N2O3S2/c1-4-8-21-11-14(13-26-2)9-17-16-6-5-7-18-20(16)15(10-19(17)21)12-22(18)25-27(3,23)24/h5-7,12,14,17,19H,4,8-11,13H2,1-3H3. The summed E-state index contributed by atoms with van der Waals surface area (Å²) in [6.07, 6.45) is 8.50. The number of nitrogens with zero attached hydrogens (tertiary/aromatic N) is 2. The molecule has 5 nitrogen and oxygen atoms in total. The second kappa shape index (κ2) is 7.33. The summed E-state index contributed by atoms with van der Waals surface area (Å²) < 4.78 is 30.1. The van der Waals surface area contributed by atoms with E-state index in [-0.39, 0.29) is 0 Å². The molecule has 0 bridgehead atoms. The smallest absolute Gasteiger partial charge is 0.299 e. The van der Waals surface area contributed by atoms with E-state index in [1.807, 2.05) is 30.1 Å². The van der Waals surface area contributed by atoms with Crippen molar-refractivity contribution in [2.24, 2.45) is 5.92 Å². The average molecular weight is 409 g/mol. The van der Waals surface area contributed by atoms with Crippen LogP contribution in [0.25, 0.3) is 10.9 Å². The Morgan fingerprint density at radius 3 is 2.85 bits per heavy atom. The number of rotatable bonds is 6. The van der Waals surface area contributed by atoms with E-state index >= 15 is 0 Å². The Balaban J connectivity index is 1.79. The first-order valence-corrected chi connectivity index (χ1v) is 12.9. The zero-order valence-electron chi connectivity index (χ0n) is 16.2. The van der Waals surface area contributed by atoms with Crippen molar-refractivity contribution in [2.45, 2.75) is 38.1 Å². The molecule has 3 unspecified atom stereocenters. The normalized spacial score (nSPS) is 25.5. The lowest BCUT2D eigenvalue weighted by atomic mass is 9.72. The van der Waals surface area contributed by atoms with E-state index in [2.05, 4.69) is 24.1 Å². The Morgan fingerprint density at radius 1 is 1.33 bits per heavy atom. The highest BCUT2D eigenvalue weighted by molar-refractivity contribution is 7.98. The molecule has 0 radical (unpaired) electrons. The molecular weight excluding hydrogens is 380 g/mol. The van der Waals surface area contributed by atoms with Crippen LogP contribution in [0.3, 0.4) is 0 Å². The van der Waals surface area contributed by atoms with Gasteiger partial charge in [0.05, 0.1) is 11.8 Å². The van der Waals surface area contributed by atoms with E-state index in [0.717, 1.165) is 31.2 Å². The summed E-state index contributed by atoms with van der Waals surface area (Å²) in [5.41, 5.74) is 3.43. The number of piperidine rings is 1. The van der Waals surface area contributed by atoms with Gasteiger partial charge in [0.2, 0.25) is 0 Å². The number of hydrogen-bond acceptors (Lipinski definition) is 5. The first kappa shape index (κ1) is 19.2. The van der Waals surface area contributed by atoms with Crippen molar-refractivity contribution in [2.75, 3.05) is 31.4 Å². The molecule has 0 spiro atoms. The Bertz CT molecular complexity index is 938. The van der Waals surface area contributed by atoms with E-state index in [9.17, 15) is 8.42 Å². The minimum absolute atomic E-state index is 0.496. The summed E-state index contributed by atoms with van der Waals surface area (Å²) in [7, 11) is -3.57. The number of hydrogen-bond donors (Lipinski definition) is 0. The molecule has 1 aliphatic carbocycles. The van der Waals surface area contributed by atoms with E-state index in [1.54, 1.807) is 0 Å². The molecule has 1 aromatic carbocycles. The molecule has 0 saturated carbocycles. The van der Waals surface area contributed by atoms with Crippen LogP contribution < -0.4 is 4.28 Å². The lowest BCUT2D eigenvalue weighted by Gasteiger charge is -2.47. The summed E-state index contributed by atoms with van der Waals surface area (Å²) in [4.78, 5) is 2.67. The van der Waals surface area contributed by atoms with Gasteiger partial charge in [0, 0.05) is 30.1 Å². The van der Waals surface area contributed by atoms with Gasteiger partial charge in [-0.3, -0.25) is 9.18 Å². The van der Waals surface area contributed by atoms with Crippen LogP contribution in [-0.4, -0.2) is 55.4 Å². The Morgan fingerprint density at radius 2 is 2.15 bits per heavy atom. The van der Waals surface area contributed by atoms with E-state index in [0.29, 0.717) is 17.9 Å². The first-order chi connectivity index (χ1) is 12.9. The van der Waals surface area contributed by atoms with Crippen LogP contribution in [0.4, 0.5) is 0 Å². The Kier molecular flexibility index (Phi) is 5.20. The molecule has 148 valence electrons. The van der Waals surface area contributed by atoms with Crippen molar-refractivity contribution in [3.05, 3.63) is 35.5 Å². The Labute approximate surface area is 166 Å². The fourth-order valence-corrected chi connectivity index (χ4v) is 6.21. The van der Waals surface area contributed by atoms with Gasteiger partial charge in [-0.15, -0.1) is 0 Å². The van der Waals surface area contributed by atoms with Gasteiger partial charge >= 0.3 is 10.1 Å². The van der Waals surface area contributed by atoms with Crippen LogP contribution in [0.15, 0.2) is 24.4 Å². The van der Waals surface area contributed by atoms with Gasteiger partial charge in [0.1, 0.15) is 0 Å². The molecule has 1 aromatic heterocycles. The van der Waals surface area contributed by atoms with E-state index in [1.165, 1.54) is 40.0 Å². The van der Waals surface area contributed by atoms with Crippen molar-refractivity contribution in [1.29, 1.82) is 0 Å². The number of fused-ring (bicyclic) bond motifs is 2. The van der Waals surface area contributed by atoms with Gasteiger partial charge in [-0.25, -0.2) is 0 Å². The maximum absolute atomic E-state index is 11.7. The number of likely N-dealkylation sites (tertiary alicyclic amines) is 1. The zero-order valence-corrected chi connectivity index (χ0v) is 17.9. The van der Waals surface area contributed by atoms with Gasteiger partial charge < -0.3 is 0 Å². The fourth-order valence-electron chi connectivity index (χ4n) is 5.08. The monoisotopic (exact) mass is 408 g/mol. The molecule has 27 heavy (non-hydrogen) atoms. The third kappa shape index (κ3) is 3.61. The second-order valence-corrected chi connectivity index (χ2v) is 10.4. The van der Waals surface area contributed by atoms with Crippen molar-refractivity contribution in [3.8, 4) is 0 Å². The third-order valence-corrected chi connectivity index (χ3v) is 7.11. The SMILES string of the molecule is CCCN1CC(CSC)CC2c3cccc4c3c(cn4OS(C)(=O)=O)CC21. The Hall–Kier alpha value is -1.18. The zero-order chi connectivity index (χ0) is 19.2. The predicted octanol–water partition coefficient (Wildman–Crippen LogP) is 3.13. The van der Waals surface area contributed by atoms with Crippen LogP contribution in [0, 0.1) is 5.92 Å². The maximum atomic E-state index is 11.7. The molecule has 0 N–H and O–H groups in total. The highest BCUT2D eigenvalue weighted by Crippen LogP contribution is 2.45. The minimum atomic E-state index is -3.57. The minimum Gasteiger partial charge on any atom is -0.299 e. The molecule has 2 heterocycles. The average Bonchev–Trinajstić information content (AvgIpc) is 2.94. The quantitative estimate of drug-likeness (QED) is 0.735. The van der Waals surface area contributed by atoms with Gasteiger partial charge in [-0.2, -0.15) is 24.9 Å². The maximum Gasteiger partial charge on any atom is 0.324 e. The summed E-state index contributed by atoms with van der Waals surface area (Å²) in [5.74, 6) is 2.41. The lowest BCUT2D eigenvalue weighted by Crippen LogP contribution is -2.50. The fraction of sp³-hybridized carbons (Fsp3) is 0.600. The van der Waals surface area contributed by atoms with Crippen molar-refractivity contribution in [1.82, 2.24) is 9.63 Å². The van der Waals surface area contributed by atoms with Crippen LogP contribution in [0.5, 0.6) is 0 Å². The van der Waals surface area contributed by atoms with Gasteiger partial charge in [0.25, 0.3) is 0 Å². The molecule has 2 aliphatic rings. The highest BCUT2D eigenvalue weighted by atomic mass is 32.2. The number of aromatic nitrogens is 1. The molecule has 0 amide bonds. The topological polar surface area (TPSA) is 51.5 Å². The molecule has 4 rings (SSSR count). The number of thioether (sulfide) groups is 1. The molecule has 1 saturated heterocycles. The van der Waals surface area contributed by atoms with Crippen LogP contribution in [0.1, 0.15) is 36.8 Å². The molecule has 1 aliphatic heterocycles. The first-order valence-electron chi connectivity index (χ1n) is 9.67. The van der Waals surface area contributed by atoms with Crippen LogP contribution in [0.2, 0.25) is 0 Å². The van der Waals surface area contributed by atoms with Gasteiger partial charge in [0.15, 0.2) is 0 Å². The second-order valence-electron chi connectivity index (χ2n) is 7.93. The van der Waals surface area contributed by atoms with Crippen molar-refractivity contribution in [3.63, 3.8) is 0 Å². The molecule has 7 heteroatoms. The summed E-state index contributed by atoms with van der Waals surface area (Å²) in [6.45, 7) is 4.54. The number of benzene rings is 1. The van der Waals surface area contributed by atoms with Crippen LogP contribution in [-0.2, 0) is 16.5 Å². The molecule has 3 atom stereocenters. The molecule has 2 aromatic rings. The lowest BCUT2D eigenvalue weighted by molar-refractivity contribution is 0.0926. The van der Waals surface area contributed by atoms with Gasteiger partial charge in [-0.05, 0) is 60.9 Å². The molecule has 1 fully saturated rings. The largest absolute Gasteiger partial charge is 0.324 e. The summed E-state index contributed by atoms with van der Waals surface area (Å²) >= 11 is 1.94. The predicted molar refractivity (Wildman–Crippen MR) is 112 cm³/mol. The summed E-state index contributed by atoms with van der Waals surface area (Å²) in [5, 5.41) is 1.20. The highest BCUT2D eigenvalue weighted by Gasteiger charge is 2.40. The van der Waals surface area contributed by atoms with E-state index in [4.69, 9.17) is 4.28 Å². The molecular formula is C20H28N2O3S2. The van der Waals surface area contributed by atoms with Crippen molar-refractivity contribution < 1.29 is 12.7 Å². The van der Waals surface area contributed by atoms with Gasteiger partial charge in [-0.1, -0.05) is 19.1 Å². The van der Waals surface area contributed by atoms with Crippen LogP contribution >= 0.6 is 11.8 Å². The summed E-state index contributed by atoms with van der Waals surface area (Å²) in [6, 6.07) is 6.72.